The monoisotopic (exact) mass is 144 g/mol. The Labute approximate surface area is 58.4 Å². The van der Waals surface area contributed by atoms with Gasteiger partial charge in [-0.25, -0.2) is 4.79 Å². The van der Waals surface area contributed by atoms with E-state index in [0.717, 1.165) is 0 Å². The summed E-state index contributed by atoms with van der Waals surface area (Å²) < 4.78 is 14.1. The van der Waals surface area contributed by atoms with E-state index in [1.165, 1.54) is 13.4 Å². The molecule has 0 aliphatic carbocycles. The first kappa shape index (κ1) is 6.92. The highest BCUT2D eigenvalue weighted by Gasteiger charge is 2.21. The lowest BCUT2D eigenvalue weighted by molar-refractivity contribution is -0.141. The minimum Gasteiger partial charge on any atom is -0.463 e. The van der Waals surface area contributed by atoms with Crippen LogP contribution in [0.25, 0.3) is 0 Å². The van der Waals surface area contributed by atoms with Crippen molar-refractivity contribution in [3.8, 4) is 0 Å². The molecule has 0 bridgehead atoms. The number of hydrogen-bond acceptors (Lipinski definition) is 4. The second-order valence-corrected chi connectivity index (χ2v) is 1.80. The second kappa shape index (κ2) is 2.60. The van der Waals surface area contributed by atoms with Crippen LogP contribution in [-0.4, -0.2) is 19.4 Å². The van der Waals surface area contributed by atoms with Gasteiger partial charge < -0.3 is 14.2 Å². The van der Waals surface area contributed by atoms with Gasteiger partial charge in [0, 0.05) is 6.92 Å². The summed E-state index contributed by atoms with van der Waals surface area (Å²) in [6.07, 6.45) is 0.866. The van der Waals surface area contributed by atoms with Crippen LogP contribution in [0, 0.1) is 0 Å². The zero-order valence-electron chi connectivity index (χ0n) is 5.79. The molecule has 0 aromatic heterocycles. The number of esters is 1. The Hall–Kier alpha value is -1.19. The first-order chi connectivity index (χ1) is 4.74. The van der Waals surface area contributed by atoms with Gasteiger partial charge >= 0.3 is 5.97 Å². The van der Waals surface area contributed by atoms with E-state index in [1.54, 1.807) is 6.92 Å². The third-order valence-corrected chi connectivity index (χ3v) is 1.05. The zero-order valence-corrected chi connectivity index (χ0v) is 5.79. The van der Waals surface area contributed by atoms with Crippen molar-refractivity contribution in [3.63, 3.8) is 0 Å². The lowest BCUT2D eigenvalue weighted by Crippen LogP contribution is -2.08. The van der Waals surface area contributed by atoms with E-state index in [1.807, 2.05) is 0 Å². The van der Waals surface area contributed by atoms with Gasteiger partial charge in [0.05, 0.1) is 7.11 Å². The lowest BCUT2D eigenvalue weighted by Gasteiger charge is -2.03. The molecular weight excluding hydrogens is 136 g/mol. The van der Waals surface area contributed by atoms with Crippen molar-refractivity contribution in [3.05, 3.63) is 12.0 Å². The molecule has 0 N–H and O–H groups in total. The van der Waals surface area contributed by atoms with Crippen molar-refractivity contribution in [2.24, 2.45) is 0 Å². The number of ether oxygens (including phenoxy) is 3. The number of hydrogen-bond donors (Lipinski definition) is 0. The van der Waals surface area contributed by atoms with E-state index in [2.05, 4.69) is 4.74 Å². The average molecular weight is 144 g/mol. The minimum absolute atomic E-state index is 0.120. The highest BCUT2D eigenvalue weighted by Crippen LogP contribution is 2.13. The fourth-order valence-corrected chi connectivity index (χ4v) is 0.589. The van der Waals surface area contributed by atoms with Gasteiger partial charge in [0.1, 0.15) is 6.26 Å². The Bertz CT molecular complexity index is 173. The molecule has 1 heterocycles. The molecule has 0 fully saturated rings. The predicted molar refractivity (Wildman–Crippen MR) is 31.7 cm³/mol. The molecular formula is C6H8O4. The molecule has 1 aliphatic rings. The van der Waals surface area contributed by atoms with Crippen molar-refractivity contribution in [2.75, 3.05) is 7.11 Å². The molecule has 0 amide bonds. The Morgan fingerprint density at radius 3 is 2.90 bits per heavy atom. The standard InChI is InChI=1S/C6H8O4/c1-4-9-3-5(10-4)6(7)8-2/h3-4H,1-2H3. The Kier molecular flexibility index (Phi) is 1.80. The van der Waals surface area contributed by atoms with Gasteiger partial charge in [0.2, 0.25) is 12.0 Å². The predicted octanol–water partition coefficient (Wildman–Crippen LogP) is 0.394. The number of carbonyl (C=O) groups excluding carboxylic acids is 1. The molecule has 1 aliphatic heterocycles. The molecule has 0 spiro atoms. The molecule has 0 radical (unpaired) electrons. The Balaban J connectivity index is 2.51. The molecule has 0 aromatic rings. The smallest absolute Gasteiger partial charge is 0.376 e. The average Bonchev–Trinajstić information content (AvgIpc) is 2.34. The van der Waals surface area contributed by atoms with E-state index in [0.29, 0.717) is 0 Å². The maximum Gasteiger partial charge on any atom is 0.376 e. The summed E-state index contributed by atoms with van der Waals surface area (Å²) in [7, 11) is 1.29. The Morgan fingerprint density at radius 2 is 2.50 bits per heavy atom. The topological polar surface area (TPSA) is 44.8 Å². The van der Waals surface area contributed by atoms with Crippen molar-refractivity contribution in [1.29, 1.82) is 0 Å². The van der Waals surface area contributed by atoms with Crippen LogP contribution in [0.5, 0.6) is 0 Å². The molecule has 0 saturated carbocycles. The maximum absolute atomic E-state index is 10.7. The van der Waals surface area contributed by atoms with E-state index >= 15 is 0 Å². The van der Waals surface area contributed by atoms with Crippen LogP contribution in [0.1, 0.15) is 6.92 Å². The van der Waals surface area contributed by atoms with Gasteiger partial charge in [-0.3, -0.25) is 0 Å². The summed E-state index contributed by atoms with van der Waals surface area (Å²) in [5.41, 5.74) is 0. The molecule has 4 heteroatoms. The molecule has 1 atom stereocenters. The van der Waals surface area contributed by atoms with Gasteiger partial charge in [0.15, 0.2) is 0 Å². The quantitative estimate of drug-likeness (QED) is 0.499. The normalized spacial score (nSPS) is 22.6. The van der Waals surface area contributed by atoms with E-state index in [4.69, 9.17) is 9.47 Å². The van der Waals surface area contributed by atoms with Crippen LogP contribution in [0.3, 0.4) is 0 Å². The molecule has 4 nitrogen and oxygen atoms in total. The molecule has 0 aromatic carbocycles. The second-order valence-electron chi connectivity index (χ2n) is 1.80. The highest BCUT2D eigenvalue weighted by molar-refractivity contribution is 5.86. The third-order valence-electron chi connectivity index (χ3n) is 1.05. The van der Waals surface area contributed by atoms with Gasteiger partial charge in [0.25, 0.3) is 0 Å². The summed E-state index contributed by atoms with van der Waals surface area (Å²) in [5, 5.41) is 0. The summed E-state index contributed by atoms with van der Waals surface area (Å²) in [6, 6.07) is 0. The van der Waals surface area contributed by atoms with Crippen molar-refractivity contribution in [1.82, 2.24) is 0 Å². The van der Waals surface area contributed by atoms with Gasteiger partial charge in [-0.1, -0.05) is 0 Å². The van der Waals surface area contributed by atoms with Gasteiger partial charge in [-0.2, -0.15) is 0 Å². The van der Waals surface area contributed by atoms with Gasteiger partial charge in [-0.15, -0.1) is 0 Å². The van der Waals surface area contributed by atoms with E-state index < -0.39 is 5.97 Å². The third kappa shape index (κ3) is 1.21. The van der Waals surface area contributed by atoms with E-state index in [-0.39, 0.29) is 12.0 Å². The molecule has 1 rings (SSSR count). The summed E-state index contributed by atoms with van der Waals surface area (Å²) in [6.45, 7) is 1.69. The largest absolute Gasteiger partial charge is 0.463 e. The van der Waals surface area contributed by atoms with Gasteiger partial charge in [-0.05, 0) is 0 Å². The van der Waals surface area contributed by atoms with Crippen LogP contribution in [0.15, 0.2) is 12.0 Å². The van der Waals surface area contributed by atoms with Crippen LogP contribution < -0.4 is 0 Å². The molecule has 1 unspecified atom stereocenters. The van der Waals surface area contributed by atoms with Crippen molar-refractivity contribution >= 4 is 5.97 Å². The fourth-order valence-electron chi connectivity index (χ4n) is 0.589. The zero-order chi connectivity index (χ0) is 7.56. The molecule has 56 valence electrons. The fraction of sp³-hybridized carbons (Fsp3) is 0.500. The summed E-state index contributed by atoms with van der Waals surface area (Å²) in [4.78, 5) is 10.7. The maximum atomic E-state index is 10.7. The minimum atomic E-state index is -0.510. The number of methoxy groups -OCH3 is 1. The SMILES string of the molecule is COC(=O)C1=COC(C)O1. The number of carbonyl (C=O) groups is 1. The van der Waals surface area contributed by atoms with Crippen molar-refractivity contribution in [2.45, 2.75) is 13.2 Å². The first-order valence-electron chi connectivity index (χ1n) is 2.84. The van der Waals surface area contributed by atoms with Crippen LogP contribution in [0.2, 0.25) is 0 Å². The lowest BCUT2D eigenvalue weighted by atomic mass is 10.6. The van der Waals surface area contributed by atoms with E-state index in [9.17, 15) is 4.79 Å². The van der Waals surface area contributed by atoms with Crippen molar-refractivity contribution < 1.29 is 19.0 Å². The summed E-state index contributed by atoms with van der Waals surface area (Å²) in [5.74, 6) is -0.389. The van der Waals surface area contributed by atoms with Crippen LogP contribution >= 0.6 is 0 Å². The van der Waals surface area contributed by atoms with Crippen LogP contribution in [-0.2, 0) is 19.0 Å². The Morgan fingerprint density at radius 1 is 1.80 bits per heavy atom. The first-order valence-corrected chi connectivity index (χ1v) is 2.84. The molecule has 10 heavy (non-hydrogen) atoms. The summed E-state index contributed by atoms with van der Waals surface area (Å²) >= 11 is 0. The van der Waals surface area contributed by atoms with Crippen LogP contribution in [0.4, 0.5) is 0 Å². The number of rotatable bonds is 1. The molecule has 0 saturated heterocycles. The highest BCUT2D eigenvalue weighted by atomic mass is 16.7.